The Balaban J connectivity index is 2.52. The molecular weight excluding hydrogens is 229 g/mol. The number of benzene rings is 1. The molecule has 0 amide bonds. The smallest absolute Gasteiger partial charge is 0.129 e. The van der Waals surface area contributed by atoms with E-state index in [4.69, 9.17) is 4.74 Å². The molecule has 0 spiro atoms. The molecule has 1 N–H and O–H groups in total. The van der Waals surface area contributed by atoms with Crippen LogP contribution in [0.2, 0.25) is 0 Å². The first-order valence-corrected chi connectivity index (χ1v) is 6.65. The summed E-state index contributed by atoms with van der Waals surface area (Å²) in [5, 5.41) is 3.05. The third-order valence-corrected chi connectivity index (χ3v) is 2.89. The van der Waals surface area contributed by atoms with Gasteiger partial charge in [0.2, 0.25) is 0 Å². The molecule has 2 nitrogen and oxygen atoms in total. The van der Waals surface area contributed by atoms with Crippen molar-refractivity contribution in [2.45, 2.75) is 32.8 Å². The van der Waals surface area contributed by atoms with Crippen LogP contribution in [0.15, 0.2) is 24.3 Å². The highest BCUT2D eigenvalue weighted by Gasteiger charge is 2.14. The van der Waals surface area contributed by atoms with Gasteiger partial charge in [-0.2, -0.15) is 0 Å². The van der Waals surface area contributed by atoms with E-state index in [1.54, 1.807) is 12.1 Å². The molecule has 0 saturated heterocycles. The molecule has 0 bridgehead atoms. The molecule has 3 heteroatoms. The van der Waals surface area contributed by atoms with E-state index in [0.29, 0.717) is 24.6 Å². The zero-order valence-electron chi connectivity index (χ0n) is 11.6. The molecule has 0 aliphatic carbocycles. The zero-order valence-corrected chi connectivity index (χ0v) is 11.6. The van der Waals surface area contributed by atoms with Crippen molar-refractivity contribution in [2.24, 2.45) is 5.92 Å². The van der Waals surface area contributed by atoms with Crippen molar-refractivity contribution >= 4 is 0 Å². The molecule has 1 aromatic carbocycles. The van der Waals surface area contributed by atoms with Crippen molar-refractivity contribution < 1.29 is 9.13 Å². The minimum Gasteiger partial charge on any atom is -0.372 e. The highest BCUT2D eigenvalue weighted by molar-refractivity contribution is 5.20. The average Bonchev–Trinajstić information content (AvgIpc) is 2.34. The molecule has 0 fully saturated rings. The third-order valence-electron chi connectivity index (χ3n) is 2.89. The fourth-order valence-corrected chi connectivity index (χ4v) is 1.90. The average molecular weight is 253 g/mol. The van der Waals surface area contributed by atoms with Crippen molar-refractivity contribution in [2.75, 3.05) is 20.2 Å². The van der Waals surface area contributed by atoms with Crippen LogP contribution >= 0.6 is 0 Å². The van der Waals surface area contributed by atoms with E-state index in [9.17, 15) is 4.39 Å². The maximum absolute atomic E-state index is 13.7. The summed E-state index contributed by atoms with van der Waals surface area (Å²) in [5.74, 6) is 0.492. The number of halogens is 1. The van der Waals surface area contributed by atoms with Gasteiger partial charge in [0.05, 0.1) is 6.10 Å². The van der Waals surface area contributed by atoms with E-state index in [1.807, 2.05) is 13.1 Å². The summed E-state index contributed by atoms with van der Waals surface area (Å²) in [6.07, 6.45) is 1.96. The van der Waals surface area contributed by atoms with E-state index in [0.717, 1.165) is 12.8 Å². The third kappa shape index (κ3) is 5.15. The molecule has 1 rings (SSSR count). The van der Waals surface area contributed by atoms with Crippen LogP contribution in [0.3, 0.4) is 0 Å². The minimum absolute atomic E-state index is 0.193. The fraction of sp³-hybridized carbons (Fsp3) is 0.600. The van der Waals surface area contributed by atoms with Crippen LogP contribution in [0.4, 0.5) is 4.39 Å². The van der Waals surface area contributed by atoms with Crippen LogP contribution in [0, 0.1) is 11.7 Å². The first-order chi connectivity index (χ1) is 8.65. The second-order valence-electron chi connectivity index (χ2n) is 4.97. The molecule has 0 saturated carbocycles. The molecule has 102 valence electrons. The Morgan fingerprint density at radius 3 is 2.61 bits per heavy atom. The summed E-state index contributed by atoms with van der Waals surface area (Å²) in [4.78, 5) is 0. The van der Waals surface area contributed by atoms with E-state index in [2.05, 4.69) is 19.2 Å². The van der Waals surface area contributed by atoms with Crippen LogP contribution in [0.1, 0.15) is 38.4 Å². The molecule has 0 aliphatic heterocycles. The molecule has 1 atom stereocenters. The number of likely N-dealkylation sites (N-methyl/N-ethyl adjacent to an activating group) is 1. The molecule has 0 aromatic heterocycles. The standard InChI is InChI=1S/C15H24FNO/c1-12(2)7-6-10-18-15(11-17-3)13-8-4-5-9-14(13)16/h4-5,8-9,12,15,17H,6-7,10-11H2,1-3H3. The fourth-order valence-electron chi connectivity index (χ4n) is 1.90. The lowest BCUT2D eigenvalue weighted by molar-refractivity contribution is 0.0476. The van der Waals surface area contributed by atoms with Gasteiger partial charge in [0.15, 0.2) is 0 Å². The molecule has 18 heavy (non-hydrogen) atoms. The highest BCUT2D eigenvalue weighted by Crippen LogP contribution is 2.20. The van der Waals surface area contributed by atoms with Gasteiger partial charge in [-0.15, -0.1) is 0 Å². The minimum atomic E-state index is -0.205. The Morgan fingerprint density at radius 2 is 2.00 bits per heavy atom. The number of hydrogen-bond donors (Lipinski definition) is 1. The summed E-state index contributed by atoms with van der Waals surface area (Å²) < 4.78 is 19.5. The van der Waals surface area contributed by atoms with Crippen molar-refractivity contribution in [3.63, 3.8) is 0 Å². The largest absolute Gasteiger partial charge is 0.372 e. The summed E-state index contributed by atoms with van der Waals surface area (Å²) in [7, 11) is 1.85. The van der Waals surface area contributed by atoms with Gasteiger partial charge < -0.3 is 10.1 Å². The molecule has 0 radical (unpaired) electrons. The predicted octanol–water partition coefficient (Wildman–Crippen LogP) is 3.54. The number of ether oxygens (including phenoxy) is 1. The highest BCUT2D eigenvalue weighted by atomic mass is 19.1. The number of hydrogen-bond acceptors (Lipinski definition) is 2. The molecular formula is C15H24FNO. The Morgan fingerprint density at radius 1 is 1.28 bits per heavy atom. The first-order valence-electron chi connectivity index (χ1n) is 6.65. The molecule has 1 unspecified atom stereocenters. The lowest BCUT2D eigenvalue weighted by atomic mass is 10.1. The normalized spacial score (nSPS) is 12.9. The van der Waals surface area contributed by atoms with Gasteiger partial charge in [-0.05, 0) is 31.9 Å². The van der Waals surface area contributed by atoms with Crippen molar-refractivity contribution in [1.29, 1.82) is 0 Å². The summed E-state index contributed by atoms with van der Waals surface area (Å²) >= 11 is 0. The van der Waals surface area contributed by atoms with E-state index in [1.165, 1.54) is 6.07 Å². The Bertz CT molecular complexity index is 341. The quantitative estimate of drug-likeness (QED) is 0.715. The lowest BCUT2D eigenvalue weighted by Crippen LogP contribution is -2.21. The van der Waals surface area contributed by atoms with Crippen LogP contribution in [0.5, 0.6) is 0 Å². The monoisotopic (exact) mass is 253 g/mol. The maximum Gasteiger partial charge on any atom is 0.129 e. The van der Waals surface area contributed by atoms with Gasteiger partial charge in [-0.25, -0.2) is 4.39 Å². The van der Waals surface area contributed by atoms with Gasteiger partial charge in [-0.3, -0.25) is 0 Å². The second kappa shape index (κ2) is 8.22. The van der Waals surface area contributed by atoms with Gasteiger partial charge in [0.25, 0.3) is 0 Å². The van der Waals surface area contributed by atoms with Crippen molar-refractivity contribution in [1.82, 2.24) is 5.32 Å². The van der Waals surface area contributed by atoms with E-state index < -0.39 is 0 Å². The van der Waals surface area contributed by atoms with E-state index in [-0.39, 0.29) is 11.9 Å². The van der Waals surface area contributed by atoms with Gasteiger partial charge in [0.1, 0.15) is 5.82 Å². The van der Waals surface area contributed by atoms with Gasteiger partial charge in [0, 0.05) is 18.7 Å². The number of rotatable bonds is 8. The summed E-state index contributed by atoms with van der Waals surface area (Å²) in [5.41, 5.74) is 0.636. The Hall–Kier alpha value is -0.930. The molecule has 0 aliphatic rings. The van der Waals surface area contributed by atoms with Gasteiger partial charge >= 0.3 is 0 Å². The maximum atomic E-state index is 13.7. The number of nitrogens with one attached hydrogen (secondary N) is 1. The molecule has 1 aromatic rings. The van der Waals surface area contributed by atoms with Crippen LogP contribution in [-0.4, -0.2) is 20.2 Å². The SMILES string of the molecule is CNCC(OCCCC(C)C)c1ccccc1F. The Kier molecular flexibility index (Phi) is 6.91. The topological polar surface area (TPSA) is 21.3 Å². The van der Waals surface area contributed by atoms with Crippen LogP contribution in [0.25, 0.3) is 0 Å². The zero-order chi connectivity index (χ0) is 13.4. The lowest BCUT2D eigenvalue weighted by Gasteiger charge is -2.19. The Labute approximate surface area is 110 Å². The predicted molar refractivity (Wildman–Crippen MR) is 73.1 cm³/mol. The van der Waals surface area contributed by atoms with Crippen LogP contribution in [-0.2, 0) is 4.74 Å². The second-order valence-corrected chi connectivity index (χ2v) is 4.97. The summed E-state index contributed by atoms with van der Waals surface area (Å²) in [6, 6.07) is 6.82. The van der Waals surface area contributed by atoms with E-state index >= 15 is 0 Å². The van der Waals surface area contributed by atoms with Crippen molar-refractivity contribution in [3.05, 3.63) is 35.6 Å². The summed E-state index contributed by atoms with van der Waals surface area (Å²) in [6.45, 7) is 5.70. The first kappa shape index (κ1) is 15.1. The van der Waals surface area contributed by atoms with Crippen molar-refractivity contribution in [3.8, 4) is 0 Å². The van der Waals surface area contributed by atoms with Gasteiger partial charge in [-0.1, -0.05) is 32.0 Å². The molecule has 0 heterocycles. The van der Waals surface area contributed by atoms with Crippen LogP contribution < -0.4 is 5.32 Å².